The maximum atomic E-state index is 11.8. The van der Waals surface area contributed by atoms with Crippen LogP contribution in [0.1, 0.15) is 49.4 Å². The van der Waals surface area contributed by atoms with Gasteiger partial charge in [0.1, 0.15) is 6.61 Å². The van der Waals surface area contributed by atoms with Crippen molar-refractivity contribution in [2.75, 3.05) is 11.4 Å². The van der Waals surface area contributed by atoms with E-state index < -0.39 is 0 Å². The number of aromatic nitrogens is 2. The lowest BCUT2D eigenvalue weighted by atomic mass is 9.97. The van der Waals surface area contributed by atoms with E-state index in [4.69, 9.17) is 15.0 Å². The van der Waals surface area contributed by atoms with Gasteiger partial charge in [0.2, 0.25) is 5.95 Å². The van der Waals surface area contributed by atoms with Crippen LogP contribution >= 0.6 is 0 Å². The van der Waals surface area contributed by atoms with Crippen molar-refractivity contribution in [3.63, 3.8) is 0 Å². The number of cyclic esters (lactones) is 1. The van der Waals surface area contributed by atoms with Crippen molar-refractivity contribution < 1.29 is 9.53 Å². The summed E-state index contributed by atoms with van der Waals surface area (Å²) >= 11 is 0. The number of benzene rings is 2. The van der Waals surface area contributed by atoms with Crippen molar-refractivity contribution in [3.8, 4) is 6.07 Å². The number of fused-ring (bicyclic) bond motifs is 2. The molecule has 3 aromatic rings. The molecule has 7 heteroatoms. The molecule has 1 aromatic heterocycles. The summed E-state index contributed by atoms with van der Waals surface area (Å²) in [5, 5.41) is 9.15. The van der Waals surface area contributed by atoms with E-state index in [0.717, 1.165) is 59.7 Å². The molecule has 34 heavy (non-hydrogen) atoms. The largest absolute Gasteiger partial charge is 0.457 e. The van der Waals surface area contributed by atoms with Crippen molar-refractivity contribution in [2.45, 2.75) is 40.0 Å². The van der Waals surface area contributed by atoms with Crippen LogP contribution in [0.25, 0.3) is 0 Å². The Balaban J connectivity index is 1.35. The van der Waals surface area contributed by atoms with Crippen molar-refractivity contribution in [2.24, 2.45) is 0 Å². The number of esters is 1. The van der Waals surface area contributed by atoms with Crippen molar-refractivity contribution >= 4 is 17.6 Å². The first-order valence-electron chi connectivity index (χ1n) is 11.3. The van der Waals surface area contributed by atoms with Gasteiger partial charge in [-0.15, -0.1) is 0 Å². The van der Waals surface area contributed by atoms with Crippen LogP contribution in [0, 0.1) is 25.2 Å². The lowest BCUT2D eigenvalue weighted by molar-refractivity contribution is 0.0535. The lowest BCUT2D eigenvalue weighted by Crippen LogP contribution is -2.31. The minimum absolute atomic E-state index is 0.228. The number of nitrogens with zero attached hydrogens (tertiary/aromatic N) is 5. The van der Waals surface area contributed by atoms with E-state index in [-0.39, 0.29) is 5.97 Å². The highest BCUT2D eigenvalue weighted by Gasteiger charge is 2.26. The Kier molecular flexibility index (Phi) is 5.60. The van der Waals surface area contributed by atoms with Gasteiger partial charge in [0, 0.05) is 49.6 Å². The summed E-state index contributed by atoms with van der Waals surface area (Å²) in [6.45, 7) is 10.8. The van der Waals surface area contributed by atoms with Crippen molar-refractivity contribution in [1.82, 2.24) is 14.9 Å². The van der Waals surface area contributed by atoms with Gasteiger partial charge in [0.05, 0.1) is 28.6 Å². The molecule has 0 fully saturated rings. The Hall–Kier alpha value is -4.02. The van der Waals surface area contributed by atoms with Crippen LogP contribution in [0.4, 0.5) is 11.6 Å². The fraction of sp³-hybridized carbons (Fsp3) is 0.259. The standard InChI is InChI=1S/C27H25N5O2/c1-4-32(25-8-5-19(12-28)11-17(25)2)27-29-13-21-15-31(10-9-24(21)30-27)14-20-6-7-22-23(18(20)3)16-34-26(22)33/h4-8,11,13H,1,9-10,14-16H2,2-3H3. The van der Waals surface area contributed by atoms with E-state index in [1.165, 1.54) is 5.56 Å². The number of carbonyl (C=O) groups is 1. The fourth-order valence-corrected chi connectivity index (χ4v) is 4.71. The molecule has 5 rings (SSSR count). The third-order valence-electron chi connectivity index (χ3n) is 6.66. The first-order valence-corrected chi connectivity index (χ1v) is 11.3. The average molecular weight is 452 g/mol. The Labute approximate surface area is 198 Å². The Morgan fingerprint density at radius 3 is 2.91 bits per heavy atom. The molecular weight excluding hydrogens is 426 g/mol. The number of nitriles is 1. The molecule has 0 atom stereocenters. The lowest BCUT2D eigenvalue weighted by Gasteiger charge is -2.29. The highest BCUT2D eigenvalue weighted by atomic mass is 16.5. The maximum Gasteiger partial charge on any atom is 0.338 e. The van der Waals surface area contributed by atoms with Gasteiger partial charge in [-0.05, 0) is 54.8 Å². The molecule has 0 unspecified atom stereocenters. The molecule has 170 valence electrons. The van der Waals surface area contributed by atoms with Gasteiger partial charge in [0.25, 0.3) is 0 Å². The SMILES string of the molecule is C=CN(c1ncc2c(n1)CCN(Cc1ccc3c(c1C)COC3=O)C2)c1ccc(C#N)cc1C. The third-order valence-corrected chi connectivity index (χ3v) is 6.66. The number of hydrogen-bond donors (Lipinski definition) is 0. The molecule has 2 aliphatic rings. The molecule has 3 heterocycles. The minimum Gasteiger partial charge on any atom is -0.457 e. The Morgan fingerprint density at radius 2 is 2.15 bits per heavy atom. The number of anilines is 2. The second kappa shape index (κ2) is 8.73. The number of carbonyl (C=O) groups excluding carboxylic acids is 1. The quantitative estimate of drug-likeness (QED) is 0.529. The van der Waals surface area contributed by atoms with Gasteiger partial charge in [-0.3, -0.25) is 9.80 Å². The molecule has 0 bridgehead atoms. The molecule has 7 nitrogen and oxygen atoms in total. The molecule has 2 aliphatic heterocycles. The third kappa shape index (κ3) is 3.82. The van der Waals surface area contributed by atoms with Crippen molar-refractivity contribution in [3.05, 3.63) is 93.9 Å². The Morgan fingerprint density at radius 1 is 1.29 bits per heavy atom. The second-order valence-corrected chi connectivity index (χ2v) is 8.72. The van der Waals surface area contributed by atoms with Crippen molar-refractivity contribution in [1.29, 1.82) is 5.26 Å². The molecule has 0 spiro atoms. The number of rotatable bonds is 5. The molecule has 0 radical (unpaired) electrons. The van der Waals surface area contributed by atoms with E-state index in [1.807, 2.05) is 42.3 Å². The van der Waals surface area contributed by atoms with Crippen LogP contribution in [0.3, 0.4) is 0 Å². The maximum absolute atomic E-state index is 11.8. The predicted octanol–water partition coefficient (Wildman–Crippen LogP) is 4.48. The first kappa shape index (κ1) is 21.8. The molecule has 0 saturated heterocycles. The highest BCUT2D eigenvalue weighted by molar-refractivity contribution is 5.93. The fourth-order valence-electron chi connectivity index (χ4n) is 4.71. The minimum atomic E-state index is -0.228. The molecule has 0 N–H and O–H groups in total. The average Bonchev–Trinajstić information content (AvgIpc) is 3.23. The summed E-state index contributed by atoms with van der Waals surface area (Å²) in [5.74, 6) is 0.350. The zero-order valence-corrected chi connectivity index (χ0v) is 19.3. The molecular formula is C27H25N5O2. The number of hydrogen-bond acceptors (Lipinski definition) is 7. The predicted molar refractivity (Wildman–Crippen MR) is 128 cm³/mol. The van der Waals surface area contributed by atoms with E-state index in [2.05, 4.69) is 29.5 Å². The van der Waals surface area contributed by atoms with Crippen LogP contribution in [-0.4, -0.2) is 27.4 Å². The topological polar surface area (TPSA) is 82.4 Å². The van der Waals surface area contributed by atoms with Gasteiger partial charge in [-0.25, -0.2) is 14.8 Å². The number of aryl methyl sites for hydroxylation is 1. The normalized spacial score (nSPS) is 14.7. The first-order chi connectivity index (χ1) is 16.5. The summed E-state index contributed by atoms with van der Waals surface area (Å²) in [5.41, 5.74) is 8.70. The van der Waals surface area contributed by atoms with E-state index in [1.54, 1.807) is 12.3 Å². The summed E-state index contributed by atoms with van der Waals surface area (Å²) in [6, 6.07) is 11.6. The summed E-state index contributed by atoms with van der Waals surface area (Å²) in [4.78, 5) is 25.6. The van der Waals surface area contributed by atoms with Gasteiger partial charge < -0.3 is 4.74 Å². The van der Waals surface area contributed by atoms with Crippen LogP contribution < -0.4 is 4.90 Å². The van der Waals surface area contributed by atoms with E-state index in [9.17, 15) is 4.79 Å². The summed E-state index contributed by atoms with van der Waals surface area (Å²) < 4.78 is 5.19. The second-order valence-electron chi connectivity index (χ2n) is 8.72. The van der Waals surface area contributed by atoms with Gasteiger partial charge in [0.15, 0.2) is 0 Å². The van der Waals surface area contributed by atoms with Gasteiger partial charge >= 0.3 is 5.97 Å². The van der Waals surface area contributed by atoms with Crippen LogP contribution in [-0.2, 0) is 30.9 Å². The van der Waals surface area contributed by atoms with Crippen LogP contribution in [0.15, 0.2) is 49.3 Å². The van der Waals surface area contributed by atoms with Gasteiger partial charge in [-0.1, -0.05) is 12.6 Å². The van der Waals surface area contributed by atoms with Crippen LogP contribution in [0.5, 0.6) is 0 Å². The highest BCUT2D eigenvalue weighted by Crippen LogP contribution is 2.30. The molecule has 2 aromatic carbocycles. The van der Waals surface area contributed by atoms with Crippen LogP contribution in [0.2, 0.25) is 0 Å². The smallest absolute Gasteiger partial charge is 0.338 e. The zero-order valence-electron chi connectivity index (χ0n) is 19.3. The van der Waals surface area contributed by atoms with E-state index in [0.29, 0.717) is 23.7 Å². The summed E-state index contributed by atoms with van der Waals surface area (Å²) in [7, 11) is 0. The Bertz CT molecular complexity index is 1360. The zero-order chi connectivity index (χ0) is 23.8. The monoisotopic (exact) mass is 451 g/mol. The summed E-state index contributed by atoms with van der Waals surface area (Å²) in [6.07, 6.45) is 4.44. The molecule has 0 amide bonds. The van der Waals surface area contributed by atoms with E-state index >= 15 is 0 Å². The molecule has 0 saturated carbocycles. The van der Waals surface area contributed by atoms with Gasteiger partial charge in [-0.2, -0.15) is 5.26 Å². The molecule has 0 aliphatic carbocycles. The number of ether oxygens (including phenoxy) is 1.